The van der Waals surface area contributed by atoms with Gasteiger partial charge in [0.15, 0.2) is 0 Å². The molecule has 12 heavy (non-hydrogen) atoms. The first kappa shape index (κ1) is 9.71. The number of rotatable bonds is 3. The summed E-state index contributed by atoms with van der Waals surface area (Å²) in [6, 6.07) is 5.63. The Kier molecular flexibility index (Phi) is 3.72. The number of hydrogen-bond donors (Lipinski definition) is 2. The van der Waals surface area contributed by atoms with Crippen LogP contribution in [0.25, 0.3) is 0 Å². The molecule has 0 saturated heterocycles. The molecule has 0 radical (unpaired) electrons. The van der Waals surface area contributed by atoms with E-state index in [1.165, 1.54) is 0 Å². The molecule has 0 unspecified atom stereocenters. The van der Waals surface area contributed by atoms with Gasteiger partial charge in [-0.25, -0.2) is 0 Å². The summed E-state index contributed by atoms with van der Waals surface area (Å²) in [7, 11) is 0. The van der Waals surface area contributed by atoms with Crippen LogP contribution < -0.4 is 0 Å². The largest absolute Gasteiger partial charge is 0.396 e. The topological polar surface area (TPSA) is 40.5 Å². The molecule has 1 rings (SSSR count). The van der Waals surface area contributed by atoms with Crippen molar-refractivity contribution in [1.82, 2.24) is 0 Å². The van der Waals surface area contributed by atoms with Crippen molar-refractivity contribution >= 4 is 15.9 Å². The highest BCUT2D eigenvalue weighted by Gasteiger charge is 1.99. The van der Waals surface area contributed by atoms with Crippen molar-refractivity contribution in [2.45, 2.75) is 13.0 Å². The maximum absolute atomic E-state index is 8.81. The summed E-state index contributed by atoms with van der Waals surface area (Å²) in [5.41, 5.74) is 1.94. The molecule has 0 spiro atoms. The molecule has 0 atom stereocenters. The number of aliphatic hydroxyl groups excluding tert-OH is 2. The summed E-state index contributed by atoms with van der Waals surface area (Å²) >= 11 is 3.37. The fraction of sp³-hybridized carbons (Fsp3) is 0.333. The number of benzene rings is 1. The summed E-state index contributed by atoms with van der Waals surface area (Å²) in [5.74, 6) is 0. The molecule has 0 heterocycles. The van der Waals surface area contributed by atoms with E-state index in [2.05, 4.69) is 15.9 Å². The van der Waals surface area contributed by atoms with E-state index < -0.39 is 0 Å². The van der Waals surface area contributed by atoms with Crippen LogP contribution >= 0.6 is 15.9 Å². The van der Waals surface area contributed by atoms with Crippen molar-refractivity contribution in [2.24, 2.45) is 0 Å². The number of hydrogen-bond acceptors (Lipinski definition) is 2. The first-order valence-corrected chi connectivity index (χ1v) is 4.56. The Bertz CT molecular complexity index is 261. The maximum Gasteiger partial charge on any atom is 0.0682 e. The van der Waals surface area contributed by atoms with Crippen LogP contribution in [-0.4, -0.2) is 16.8 Å². The van der Waals surface area contributed by atoms with Crippen LogP contribution in [0.15, 0.2) is 22.7 Å². The molecular formula is C9H11BrO2. The molecule has 0 aliphatic heterocycles. The van der Waals surface area contributed by atoms with Crippen LogP contribution in [-0.2, 0) is 13.0 Å². The van der Waals surface area contributed by atoms with E-state index in [9.17, 15) is 0 Å². The molecule has 0 aromatic heterocycles. The van der Waals surface area contributed by atoms with E-state index >= 15 is 0 Å². The standard InChI is InChI=1S/C9H11BrO2/c10-9-5-7(6-12)1-2-8(9)3-4-11/h1-2,5,11-12H,3-4,6H2. The maximum atomic E-state index is 8.81. The Hall–Kier alpha value is -0.380. The van der Waals surface area contributed by atoms with Crippen LogP contribution in [0.1, 0.15) is 11.1 Å². The van der Waals surface area contributed by atoms with Gasteiger partial charge in [0.05, 0.1) is 6.61 Å². The van der Waals surface area contributed by atoms with Crippen molar-refractivity contribution in [1.29, 1.82) is 0 Å². The molecule has 0 bridgehead atoms. The van der Waals surface area contributed by atoms with Crippen molar-refractivity contribution in [3.63, 3.8) is 0 Å². The van der Waals surface area contributed by atoms with E-state index in [1.807, 2.05) is 18.2 Å². The zero-order chi connectivity index (χ0) is 8.97. The Morgan fingerprint density at radius 3 is 2.50 bits per heavy atom. The van der Waals surface area contributed by atoms with Gasteiger partial charge in [0.2, 0.25) is 0 Å². The summed E-state index contributed by atoms with van der Waals surface area (Å²) in [6.45, 7) is 0.203. The van der Waals surface area contributed by atoms with Crippen molar-refractivity contribution < 1.29 is 10.2 Å². The molecule has 0 saturated carbocycles. The van der Waals surface area contributed by atoms with Gasteiger partial charge < -0.3 is 10.2 Å². The highest BCUT2D eigenvalue weighted by atomic mass is 79.9. The second kappa shape index (κ2) is 4.60. The van der Waals surface area contributed by atoms with E-state index in [0.29, 0.717) is 6.42 Å². The van der Waals surface area contributed by atoms with Crippen LogP contribution in [0.5, 0.6) is 0 Å². The predicted octanol–water partition coefficient (Wildman–Crippen LogP) is 1.48. The van der Waals surface area contributed by atoms with E-state index in [4.69, 9.17) is 10.2 Å². The summed E-state index contributed by atoms with van der Waals surface area (Å²) in [6.07, 6.45) is 0.645. The minimum atomic E-state index is 0.0536. The van der Waals surface area contributed by atoms with Gasteiger partial charge in [-0.05, 0) is 23.6 Å². The second-order valence-corrected chi connectivity index (χ2v) is 3.41. The average Bonchev–Trinajstić information content (AvgIpc) is 2.09. The zero-order valence-corrected chi connectivity index (χ0v) is 8.21. The van der Waals surface area contributed by atoms with E-state index in [-0.39, 0.29) is 13.2 Å². The highest BCUT2D eigenvalue weighted by molar-refractivity contribution is 9.10. The van der Waals surface area contributed by atoms with Crippen LogP contribution in [0, 0.1) is 0 Å². The zero-order valence-electron chi connectivity index (χ0n) is 6.63. The van der Waals surface area contributed by atoms with Gasteiger partial charge in [-0.15, -0.1) is 0 Å². The molecular weight excluding hydrogens is 220 g/mol. The van der Waals surface area contributed by atoms with Gasteiger partial charge in [0, 0.05) is 11.1 Å². The minimum absolute atomic E-state index is 0.0536. The third-order valence-electron chi connectivity index (χ3n) is 1.68. The lowest BCUT2D eigenvalue weighted by Gasteiger charge is -2.03. The molecule has 0 fully saturated rings. The lowest BCUT2D eigenvalue weighted by atomic mass is 10.1. The third-order valence-corrected chi connectivity index (χ3v) is 2.42. The first-order chi connectivity index (χ1) is 5.77. The third kappa shape index (κ3) is 2.30. The van der Waals surface area contributed by atoms with Gasteiger partial charge in [0.1, 0.15) is 0 Å². The fourth-order valence-corrected chi connectivity index (χ4v) is 1.64. The van der Waals surface area contributed by atoms with Gasteiger partial charge in [-0.2, -0.15) is 0 Å². The normalized spacial score (nSPS) is 10.2. The molecule has 2 nitrogen and oxygen atoms in total. The highest BCUT2D eigenvalue weighted by Crippen LogP contribution is 2.18. The first-order valence-electron chi connectivity index (χ1n) is 3.77. The minimum Gasteiger partial charge on any atom is -0.396 e. The Labute approximate surface area is 80.0 Å². The summed E-state index contributed by atoms with van der Waals surface area (Å²) in [5, 5.41) is 17.5. The van der Waals surface area contributed by atoms with Crippen LogP contribution in [0.3, 0.4) is 0 Å². The Morgan fingerprint density at radius 2 is 2.00 bits per heavy atom. The van der Waals surface area contributed by atoms with Crippen molar-refractivity contribution in [2.75, 3.05) is 6.61 Å². The lowest BCUT2D eigenvalue weighted by molar-refractivity contribution is 0.281. The van der Waals surface area contributed by atoms with Crippen LogP contribution in [0.2, 0.25) is 0 Å². The van der Waals surface area contributed by atoms with Gasteiger partial charge in [0.25, 0.3) is 0 Å². The fourth-order valence-electron chi connectivity index (χ4n) is 1.01. The van der Waals surface area contributed by atoms with Crippen LogP contribution in [0.4, 0.5) is 0 Å². The average molecular weight is 231 g/mol. The van der Waals surface area contributed by atoms with Crippen molar-refractivity contribution in [3.8, 4) is 0 Å². The van der Waals surface area contributed by atoms with E-state index in [1.54, 1.807) is 0 Å². The number of aliphatic hydroxyl groups is 2. The van der Waals surface area contributed by atoms with E-state index in [0.717, 1.165) is 15.6 Å². The molecule has 1 aromatic carbocycles. The molecule has 0 aliphatic rings. The monoisotopic (exact) mass is 230 g/mol. The van der Waals surface area contributed by atoms with Gasteiger partial charge >= 0.3 is 0 Å². The SMILES string of the molecule is OCCc1ccc(CO)cc1Br. The molecule has 2 N–H and O–H groups in total. The summed E-state index contributed by atoms with van der Waals surface area (Å²) < 4.78 is 0.947. The molecule has 0 aliphatic carbocycles. The molecule has 66 valence electrons. The van der Waals surface area contributed by atoms with Gasteiger partial charge in [-0.3, -0.25) is 0 Å². The summed E-state index contributed by atoms with van der Waals surface area (Å²) in [4.78, 5) is 0. The Balaban J connectivity index is 2.87. The van der Waals surface area contributed by atoms with Gasteiger partial charge in [-0.1, -0.05) is 28.1 Å². The molecule has 0 amide bonds. The van der Waals surface area contributed by atoms with Crippen molar-refractivity contribution in [3.05, 3.63) is 33.8 Å². The quantitative estimate of drug-likeness (QED) is 0.827. The Morgan fingerprint density at radius 1 is 1.25 bits per heavy atom. The second-order valence-electron chi connectivity index (χ2n) is 2.56. The molecule has 1 aromatic rings. The predicted molar refractivity (Wildman–Crippen MR) is 50.9 cm³/mol. The molecule has 3 heteroatoms. The smallest absolute Gasteiger partial charge is 0.0682 e. The number of halogens is 1. The lowest BCUT2D eigenvalue weighted by Crippen LogP contribution is -1.93.